The smallest absolute Gasteiger partial charge is 0.283 e. The molecule has 1 aliphatic heterocycles. The monoisotopic (exact) mass is 515 g/mol. The molecule has 0 unspecified atom stereocenters. The fourth-order valence-corrected chi connectivity index (χ4v) is 4.25. The molecular weight excluding hydrogens is 486 g/mol. The van der Waals surface area contributed by atoms with Gasteiger partial charge >= 0.3 is 0 Å². The molecule has 4 rings (SSSR count). The van der Waals surface area contributed by atoms with E-state index < -0.39 is 11.8 Å². The Bertz CT molecular complexity index is 1330. The van der Waals surface area contributed by atoms with Gasteiger partial charge in [-0.05, 0) is 78.4 Å². The highest BCUT2D eigenvalue weighted by atomic mass is 35.5. The third-order valence-corrected chi connectivity index (χ3v) is 6.64. The van der Waals surface area contributed by atoms with Crippen LogP contribution in [0.4, 0.5) is 17.1 Å². The van der Waals surface area contributed by atoms with Crippen molar-refractivity contribution < 1.29 is 14.4 Å². The van der Waals surface area contributed by atoms with Gasteiger partial charge in [-0.15, -0.1) is 0 Å². The van der Waals surface area contributed by atoms with Crippen LogP contribution in [0, 0.1) is 0 Å². The molecule has 3 aromatic carbocycles. The number of anilines is 3. The standard InChI is InChI=1S/C30H30ClN3O3/c1-4-5-6-20-7-13-24(14-8-20)33-28(35)22-9-15-23(16-10-22)32-27-26(31)29(36)34(30(27)37)25-17-11-21(12-18-25)19(2)3/h7-19,32H,4-6H2,1-3H3,(H,33,35). The van der Waals surface area contributed by atoms with Crippen LogP contribution >= 0.6 is 11.6 Å². The van der Waals surface area contributed by atoms with Crippen LogP contribution < -0.4 is 15.5 Å². The molecule has 1 heterocycles. The maximum Gasteiger partial charge on any atom is 0.283 e. The van der Waals surface area contributed by atoms with Crippen molar-refractivity contribution in [2.24, 2.45) is 0 Å². The Kier molecular flexibility index (Phi) is 8.09. The lowest BCUT2D eigenvalue weighted by atomic mass is 10.0. The number of nitrogens with zero attached hydrogens (tertiary/aromatic N) is 1. The summed E-state index contributed by atoms with van der Waals surface area (Å²) in [5.74, 6) is -1.02. The van der Waals surface area contributed by atoms with Gasteiger partial charge < -0.3 is 10.6 Å². The van der Waals surface area contributed by atoms with Crippen LogP contribution in [0.25, 0.3) is 0 Å². The molecule has 0 saturated heterocycles. The van der Waals surface area contributed by atoms with Gasteiger partial charge in [0.25, 0.3) is 17.7 Å². The molecule has 3 amide bonds. The number of imide groups is 1. The van der Waals surface area contributed by atoms with Gasteiger partial charge in [-0.3, -0.25) is 14.4 Å². The first-order valence-corrected chi connectivity index (χ1v) is 12.8. The van der Waals surface area contributed by atoms with Gasteiger partial charge in [0.05, 0.1) is 5.69 Å². The normalized spacial score (nSPS) is 13.5. The summed E-state index contributed by atoms with van der Waals surface area (Å²) in [7, 11) is 0. The largest absolute Gasteiger partial charge is 0.350 e. The number of carbonyl (C=O) groups excluding carboxylic acids is 3. The zero-order chi connectivity index (χ0) is 26.5. The molecule has 190 valence electrons. The van der Waals surface area contributed by atoms with E-state index in [0.717, 1.165) is 35.4 Å². The molecule has 37 heavy (non-hydrogen) atoms. The minimum Gasteiger partial charge on any atom is -0.350 e. The number of amides is 3. The Morgan fingerprint density at radius 2 is 1.49 bits per heavy atom. The van der Waals surface area contributed by atoms with E-state index in [2.05, 4.69) is 31.4 Å². The third kappa shape index (κ3) is 5.92. The zero-order valence-electron chi connectivity index (χ0n) is 21.2. The lowest BCUT2D eigenvalue weighted by molar-refractivity contribution is -0.120. The molecule has 0 spiro atoms. The number of carbonyl (C=O) groups is 3. The molecule has 2 N–H and O–H groups in total. The summed E-state index contributed by atoms with van der Waals surface area (Å²) in [5.41, 5.74) is 4.52. The van der Waals surface area contributed by atoms with Crippen LogP contribution in [0.1, 0.15) is 61.0 Å². The molecule has 0 radical (unpaired) electrons. The number of benzene rings is 3. The molecular formula is C30H30ClN3O3. The van der Waals surface area contributed by atoms with Gasteiger partial charge in [-0.25, -0.2) is 4.90 Å². The predicted molar refractivity (Wildman–Crippen MR) is 149 cm³/mol. The van der Waals surface area contributed by atoms with Gasteiger partial charge in [-0.1, -0.05) is 63.1 Å². The average Bonchev–Trinajstić information content (AvgIpc) is 3.11. The molecule has 0 aromatic heterocycles. The highest BCUT2D eigenvalue weighted by Gasteiger charge is 2.39. The van der Waals surface area contributed by atoms with Crippen molar-refractivity contribution in [3.8, 4) is 0 Å². The second kappa shape index (κ2) is 11.4. The first-order valence-electron chi connectivity index (χ1n) is 12.4. The molecule has 3 aromatic rings. The van der Waals surface area contributed by atoms with Crippen molar-refractivity contribution in [3.63, 3.8) is 0 Å². The van der Waals surface area contributed by atoms with Crippen molar-refractivity contribution >= 4 is 46.4 Å². The second-order valence-electron chi connectivity index (χ2n) is 9.34. The minimum absolute atomic E-state index is 0.0000305. The summed E-state index contributed by atoms with van der Waals surface area (Å²) in [5, 5.41) is 5.66. The predicted octanol–water partition coefficient (Wildman–Crippen LogP) is 6.84. The Labute approximate surface area is 222 Å². The fourth-order valence-electron chi connectivity index (χ4n) is 4.04. The Hall–Kier alpha value is -3.90. The molecule has 0 atom stereocenters. The van der Waals surface area contributed by atoms with E-state index in [1.807, 2.05) is 36.4 Å². The average molecular weight is 516 g/mol. The molecule has 6 nitrogen and oxygen atoms in total. The van der Waals surface area contributed by atoms with E-state index in [0.29, 0.717) is 22.9 Å². The molecule has 0 bridgehead atoms. The number of unbranched alkanes of at least 4 members (excludes halogenated alkanes) is 1. The van der Waals surface area contributed by atoms with Crippen molar-refractivity contribution in [1.29, 1.82) is 0 Å². The van der Waals surface area contributed by atoms with E-state index in [1.165, 1.54) is 5.56 Å². The highest BCUT2D eigenvalue weighted by Crippen LogP contribution is 2.31. The zero-order valence-corrected chi connectivity index (χ0v) is 21.9. The van der Waals surface area contributed by atoms with Gasteiger partial charge in [0.15, 0.2) is 0 Å². The Balaban J connectivity index is 1.41. The number of rotatable bonds is 9. The number of hydrogen-bond acceptors (Lipinski definition) is 4. The molecule has 0 saturated carbocycles. The maximum absolute atomic E-state index is 13.0. The first-order chi connectivity index (χ1) is 17.8. The number of aryl methyl sites for hydroxylation is 1. The lowest BCUT2D eigenvalue weighted by Gasteiger charge is -2.16. The first kappa shape index (κ1) is 26.2. The van der Waals surface area contributed by atoms with Gasteiger partial charge in [0.1, 0.15) is 10.7 Å². The summed E-state index contributed by atoms with van der Waals surface area (Å²) >= 11 is 6.25. The van der Waals surface area contributed by atoms with Crippen LogP contribution in [-0.4, -0.2) is 17.7 Å². The molecule has 0 fully saturated rings. The van der Waals surface area contributed by atoms with Crippen molar-refractivity contribution in [2.45, 2.75) is 46.0 Å². The minimum atomic E-state index is -0.580. The topological polar surface area (TPSA) is 78.5 Å². The molecule has 7 heteroatoms. The second-order valence-corrected chi connectivity index (χ2v) is 9.72. The number of nitrogens with one attached hydrogen (secondary N) is 2. The number of halogens is 1. The third-order valence-electron chi connectivity index (χ3n) is 6.29. The quantitative estimate of drug-likeness (QED) is 0.306. The summed E-state index contributed by atoms with van der Waals surface area (Å²) in [6.45, 7) is 6.30. The molecule has 1 aliphatic rings. The summed E-state index contributed by atoms with van der Waals surface area (Å²) in [6.07, 6.45) is 3.30. The van der Waals surface area contributed by atoms with Gasteiger partial charge in [0, 0.05) is 16.9 Å². The van der Waals surface area contributed by atoms with E-state index in [-0.39, 0.29) is 16.6 Å². The van der Waals surface area contributed by atoms with Crippen molar-refractivity contribution in [3.05, 3.63) is 100 Å². The van der Waals surface area contributed by atoms with Crippen LogP contribution in [0.15, 0.2) is 83.5 Å². The SMILES string of the molecule is CCCCc1ccc(NC(=O)c2ccc(NC3=C(Cl)C(=O)N(c4ccc(C(C)C)cc4)C3=O)cc2)cc1. The van der Waals surface area contributed by atoms with E-state index in [9.17, 15) is 14.4 Å². The van der Waals surface area contributed by atoms with Crippen molar-refractivity contribution in [1.82, 2.24) is 0 Å². The van der Waals surface area contributed by atoms with Crippen molar-refractivity contribution in [2.75, 3.05) is 15.5 Å². The highest BCUT2D eigenvalue weighted by molar-refractivity contribution is 6.53. The maximum atomic E-state index is 13.0. The Morgan fingerprint density at radius 3 is 2.08 bits per heavy atom. The summed E-state index contributed by atoms with van der Waals surface area (Å²) in [4.78, 5) is 39.5. The molecule has 0 aliphatic carbocycles. The summed E-state index contributed by atoms with van der Waals surface area (Å²) in [6, 6.07) is 21.7. The van der Waals surface area contributed by atoms with Gasteiger partial charge in [-0.2, -0.15) is 0 Å². The number of hydrogen-bond donors (Lipinski definition) is 2. The summed E-state index contributed by atoms with van der Waals surface area (Å²) < 4.78 is 0. The van der Waals surface area contributed by atoms with E-state index >= 15 is 0 Å². The van der Waals surface area contributed by atoms with E-state index in [4.69, 9.17) is 11.6 Å². The Morgan fingerprint density at radius 1 is 0.865 bits per heavy atom. The van der Waals surface area contributed by atoms with Crippen LogP contribution in [0.5, 0.6) is 0 Å². The van der Waals surface area contributed by atoms with E-state index in [1.54, 1.807) is 36.4 Å². The van der Waals surface area contributed by atoms with Crippen LogP contribution in [-0.2, 0) is 16.0 Å². The van der Waals surface area contributed by atoms with Crippen LogP contribution in [0.3, 0.4) is 0 Å². The van der Waals surface area contributed by atoms with Gasteiger partial charge in [0.2, 0.25) is 0 Å². The lowest BCUT2D eigenvalue weighted by Crippen LogP contribution is -2.32. The fraction of sp³-hybridized carbons (Fsp3) is 0.233. The van der Waals surface area contributed by atoms with Crippen LogP contribution in [0.2, 0.25) is 0 Å².